The van der Waals surface area contributed by atoms with E-state index in [1.807, 2.05) is 95.2 Å². The van der Waals surface area contributed by atoms with Crippen LogP contribution in [0, 0.1) is 13.8 Å². The van der Waals surface area contributed by atoms with Gasteiger partial charge in [-0.05, 0) is 85.3 Å². The summed E-state index contributed by atoms with van der Waals surface area (Å²) in [6.45, 7) is 6.24. The van der Waals surface area contributed by atoms with E-state index in [-0.39, 0.29) is 16.6 Å². The summed E-state index contributed by atoms with van der Waals surface area (Å²) in [6.07, 6.45) is 14.3. The number of amides is 1. The fourth-order valence-corrected chi connectivity index (χ4v) is 8.76. The third kappa shape index (κ3) is 8.05. The van der Waals surface area contributed by atoms with E-state index in [0.717, 1.165) is 79.8 Å². The van der Waals surface area contributed by atoms with Crippen LogP contribution < -0.4 is 15.8 Å². The van der Waals surface area contributed by atoms with Crippen LogP contribution in [0.15, 0.2) is 135 Å². The number of halogens is 2. The first-order valence-corrected chi connectivity index (χ1v) is 21.8. The molecule has 15 heteroatoms. The molecular weight excluding hydrogens is 846 g/mol. The molecule has 1 saturated heterocycles. The van der Waals surface area contributed by atoms with Crippen LogP contribution in [0.2, 0.25) is 10.0 Å². The molecule has 1 aliphatic rings. The maximum absolute atomic E-state index is 14.6. The normalized spacial score (nSPS) is 13.1. The number of nitrogens with one attached hydrogen (secondary N) is 2. The minimum atomic E-state index is -0.410. The van der Waals surface area contributed by atoms with Gasteiger partial charge in [0, 0.05) is 78.1 Å². The van der Waals surface area contributed by atoms with Gasteiger partial charge in [0.15, 0.2) is 17.1 Å². The van der Waals surface area contributed by atoms with Crippen molar-refractivity contribution >= 4 is 62.8 Å². The number of hydrogen-bond donors (Lipinski definition) is 2. The second-order valence-electron chi connectivity index (χ2n) is 15.9. The Hall–Kier alpha value is -7.06. The lowest BCUT2D eigenvalue weighted by Crippen LogP contribution is -2.44. The first kappa shape index (κ1) is 41.0. The molecule has 64 heavy (non-hydrogen) atoms. The number of hydrogen-bond acceptors (Lipinski definition) is 9. The highest BCUT2D eigenvalue weighted by Crippen LogP contribution is 2.39. The molecule has 0 bridgehead atoms. The van der Waals surface area contributed by atoms with Gasteiger partial charge in [-0.25, -0.2) is 24.9 Å². The number of carbonyl (C=O) groups is 1. The van der Waals surface area contributed by atoms with Crippen molar-refractivity contribution < 1.29 is 9.53 Å². The molecule has 0 unspecified atom stereocenters. The van der Waals surface area contributed by atoms with E-state index in [0.29, 0.717) is 42.8 Å². The maximum atomic E-state index is 14.6. The molecule has 2 N–H and O–H groups in total. The number of rotatable bonds is 12. The first-order chi connectivity index (χ1) is 31.3. The Kier molecular flexibility index (Phi) is 11.3. The number of anilines is 2. The van der Waals surface area contributed by atoms with E-state index in [9.17, 15) is 4.79 Å². The summed E-state index contributed by atoms with van der Waals surface area (Å²) in [5, 5.41) is 7.97. The smallest absolute Gasteiger partial charge is 0.271 e. The highest BCUT2D eigenvalue weighted by Gasteiger charge is 2.26. The lowest BCUT2D eigenvalue weighted by Gasteiger charge is -2.26. The van der Waals surface area contributed by atoms with Crippen LogP contribution in [0.25, 0.3) is 55.7 Å². The Morgan fingerprint density at radius 1 is 0.781 bits per heavy atom. The molecule has 1 fully saturated rings. The highest BCUT2D eigenvalue weighted by atomic mass is 35.5. The zero-order valence-electron chi connectivity index (χ0n) is 35.1. The van der Waals surface area contributed by atoms with Gasteiger partial charge in [0.25, 0.3) is 5.91 Å². The molecule has 0 atom stereocenters. The van der Waals surface area contributed by atoms with Crippen molar-refractivity contribution in [2.75, 3.05) is 30.1 Å². The summed E-state index contributed by atoms with van der Waals surface area (Å²) in [5.74, 6) is 0.831. The number of hydrazine groups is 1. The molecule has 9 aromatic rings. The third-order valence-corrected chi connectivity index (χ3v) is 12.4. The summed E-state index contributed by atoms with van der Waals surface area (Å²) in [5.41, 5.74) is 12.3. The van der Waals surface area contributed by atoms with Crippen molar-refractivity contribution in [2.45, 2.75) is 39.3 Å². The third-order valence-electron chi connectivity index (χ3n) is 11.7. The van der Waals surface area contributed by atoms with E-state index in [4.69, 9.17) is 47.9 Å². The van der Waals surface area contributed by atoms with Gasteiger partial charge >= 0.3 is 0 Å². The summed E-state index contributed by atoms with van der Waals surface area (Å²) in [6, 6.07) is 30.0. The summed E-state index contributed by atoms with van der Waals surface area (Å²) >= 11 is 13.8. The van der Waals surface area contributed by atoms with Crippen molar-refractivity contribution in [1.82, 2.24) is 44.0 Å². The molecule has 0 radical (unpaired) electrons. The standard InChI is InChI=1S/C49H43Cl2N11O2/c1-31-7-6-10-36(23-31)60-27-40(43-45(53-28-54-46(43)60)57-35-15-21-64-22-16-35)34-12-14-38(42(51)24-34)49(63)58-62(20-19-59-18-17-52-30-59)48-44-39(33-8-4-3-5-9-33)26-61(47(44)55-29-56-48)37-13-11-32(2)41(50)25-37/h3-14,17-18,23-30,35H,15-16,19-22H2,1-2H3,(H,58,63)(H,53,54,57). The Labute approximate surface area is 379 Å². The Bertz CT molecular complexity index is 3140. The molecule has 320 valence electrons. The van der Waals surface area contributed by atoms with Gasteiger partial charge in [-0.2, -0.15) is 0 Å². The zero-order chi connectivity index (χ0) is 43.7. The maximum Gasteiger partial charge on any atom is 0.271 e. The largest absolute Gasteiger partial charge is 0.381 e. The van der Waals surface area contributed by atoms with Crippen molar-refractivity contribution in [1.29, 1.82) is 0 Å². The Morgan fingerprint density at radius 3 is 2.27 bits per heavy atom. The number of fused-ring (bicyclic) bond motifs is 2. The first-order valence-electron chi connectivity index (χ1n) is 21.1. The number of aryl methyl sites for hydroxylation is 2. The predicted octanol–water partition coefficient (Wildman–Crippen LogP) is 10.1. The summed E-state index contributed by atoms with van der Waals surface area (Å²) < 4.78 is 11.7. The lowest BCUT2D eigenvalue weighted by molar-refractivity contribution is 0.0904. The van der Waals surface area contributed by atoms with Crippen LogP contribution in [0.1, 0.15) is 34.3 Å². The van der Waals surface area contributed by atoms with Gasteiger partial charge in [-0.15, -0.1) is 0 Å². The molecule has 4 aromatic carbocycles. The molecular formula is C49H43Cl2N11O2. The van der Waals surface area contributed by atoms with Crippen LogP contribution >= 0.6 is 23.2 Å². The van der Waals surface area contributed by atoms with E-state index >= 15 is 0 Å². The molecule has 1 aliphatic heterocycles. The van der Waals surface area contributed by atoms with E-state index in [1.165, 1.54) is 6.33 Å². The average molecular weight is 889 g/mol. The molecule has 13 nitrogen and oxygen atoms in total. The van der Waals surface area contributed by atoms with E-state index in [2.05, 4.69) is 51.6 Å². The number of nitrogens with zero attached hydrogens (tertiary/aromatic N) is 9. The number of carbonyl (C=O) groups excluding carboxylic acids is 1. The molecule has 6 heterocycles. The molecule has 0 aliphatic carbocycles. The molecule has 10 rings (SSSR count). The second-order valence-corrected chi connectivity index (χ2v) is 16.7. The second kappa shape index (κ2) is 17.6. The predicted molar refractivity (Wildman–Crippen MR) is 253 cm³/mol. The zero-order valence-corrected chi connectivity index (χ0v) is 36.6. The quantitative estimate of drug-likeness (QED) is 0.115. The highest BCUT2D eigenvalue weighted by molar-refractivity contribution is 6.34. The van der Waals surface area contributed by atoms with Gasteiger partial charge in [-0.1, -0.05) is 77.8 Å². The Morgan fingerprint density at radius 2 is 1.53 bits per heavy atom. The van der Waals surface area contributed by atoms with Crippen molar-refractivity contribution in [3.63, 3.8) is 0 Å². The summed E-state index contributed by atoms with van der Waals surface area (Å²) in [7, 11) is 0. The van der Waals surface area contributed by atoms with E-state index in [1.54, 1.807) is 29.9 Å². The van der Waals surface area contributed by atoms with Gasteiger partial charge < -0.3 is 23.8 Å². The monoisotopic (exact) mass is 887 g/mol. The topological polar surface area (TPSA) is 133 Å². The van der Waals surface area contributed by atoms with Crippen LogP contribution in [-0.2, 0) is 11.3 Å². The van der Waals surface area contributed by atoms with Crippen molar-refractivity contribution in [2.24, 2.45) is 0 Å². The van der Waals surface area contributed by atoms with Crippen LogP contribution in [0.4, 0.5) is 11.6 Å². The van der Waals surface area contributed by atoms with Crippen LogP contribution in [0.3, 0.4) is 0 Å². The molecule has 5 aromatic heterocycles. The summed E-state index contributed by atoms with van der Waals surface area (Å²) in [4.78, 5) is 38.0. The molecule has 0 saturated carbocycles. The number of aromatic nitrogens is 8. The Balaban J connectivity index is 1.04. The van der Waals surface area contributed by atoms with Gasteiger partial charge in [0.05, 0.1) is 34.2 Å². The minimum absolute atomic E-state index is 0.202. The molecule has 1 amide bonds. The fraction of sp³-hybridized carbons (Fsp3) is 0.184. The average Bonchev–Trinajstić information content (AvgIpc) is 4.08. The van der Waals surface area contributed by atoms with Crippen molar-refractivity contribution in [3.8, 4) is 33.6 Å². The van der Waals surface area contributed by atoms with Crippen LogP contribution in [-0.4, -0.2) is 70.3 Å². The van der Waals surface area contributed by atoms with Gasteiger partial charge in [-0.3, -0.25) is 15.2 Å². The lowest BCUT2D eigenvalue weighted by atomic mass is 10.0. The van der Waals surface area contributed by atoms with Gasteiger partial charge in [0.1, 0.15) is 18.5 Å². The molecule has 0 spiro atoms. The number of imidazole rings is 1. The number of benzene rings is 4. The fourth-order valence-electron chi connectivity index (χ4n) is 8.31. The minimum Gasteiger partial charge on any atom is -0.381 e. The van der Waals surface area contributed by atoms with Crippen molar-refractivity contribution in [3.05, 3.63) is 162 Å². The van der Waals surface area contributed by atoms with Crippen LogP contribution in [0.5, 0.6) is 0 Å². The number of ether oxygens (including phenoxy) is 1. The van der Waals surface area contributed by atoms with Gasteiger partial charge in [0.2, 0.25) is 0 Å². The van der Waals surface area contributed by atoms with E-state index < -0.39 is 5.91 Å². The SMILES string of the molecule is Cc1cccc(-n2cc(-c3ccc(C(=O)NN(CCn4ccnc4)c4ncnc5c4c(-c4ccccc4)cn5-c4ccc(C)c(Cl)c4)c(Cl)c3)c3c(NC4CCOCC4)ncnc32)c1.